The maximum Gasteiger partial charge on any atom is 0.266 e. The van der Waals surface area contributed by atoms with Crippen molar-refractivity contribution >= 4 is 10.9 Å². The zero-order chi connectivity index (χ0) is 20.2. The smallest absolute Gasteiger partial charge is 0.266 e. The third kappa shape index (κ3) is 4.21. The molecule has 0 bridgehead atoms. The number of aryl methyl sites for hydroxylation is 1. The summed E-state index contributed by atoms with van der Waals surface area (Å²) in [6.07, 6.45) is 0.506. The van der Waals surface area contributed by atoms with E-state index in [1.54, 1.807) is 0 Å². The van der Waals surface area contributed by atoms with Crippen LogP contribution in [0.5, 0.6) is 11.5 Å². The Morgan fingerprint density at radius 1 is 0.862 bits per heavy atom. The van der Waals surface area contributed by atoms with Gasteiger partial charge in [0.2, 0.25) is 5.89 Å². The SMILES string of the molecule is CCOc1ccc(Cc2nnc(-c3ccc4cc(C)ccc4n3)o2)cc1OCC. The predicted molar refractivity (Wildman–Crippen MR) is 111 cm³/mol. The van der Waals surface area contributed by atoms with Crippen LogP contribution in [0.2, 0.25) is 0 Å². The molecule has 0 aliphatic rings. The molecule has 0 amide bonds. The fourth-order valence-electron chi connectivity index (χ4n) is 3.17. The van der Waals surface area contributed by atoms with Crippen molar-refractivity contribution in [2.24, 2.45) is 0 Å². The average Bonchev–Trinajstić information content (AvgIpc) is 3.18. The highest BCUT2D eigenvalue weighted by molar-refractivity contribution is 5.81. The molecule has 0 saturated heterocycles. The molecule has 29 heavy (non-hydrogen) atoms. The number of pyridine rings is 1. The number of hydrogen-bond acceptors (Lipinski definition) is 6. The van der Waals surface area contributed by atoms with E-state index in [1.165, 1.54) is 5.56 Å². The molecule has 0 fully saturated rings. The highest BCUT2D eigenvalue weighted by Crippen LogP contribution is 2.29. The van der Waals surface area contributed by atoms with Crippen LogP contribution in [0.25, 0.3) is 22.5 Å². The second-order valence-corrected chi connectivity index (χ2v) is 6.72. The molecule has 2 aromatic carbocycles. The number of hydrogen-bond donors (Lipinski definition) is 0. The van der Waals surface area contributed by atoms with Gasteiger partial charge in [-0.1, -0.05) is 23.8 Å². The van der Waals surface area contributed by atoms with Crippen LogP contribution in [0.4, 0.5) is 0 Å². The number of fused-ring (bicyclic) bond motifs is 1. The lowest BCUT2D eigenvalue weighted by molar-refractivity contribution is 0.287. The Morgan fingerprint density at radius 2 is 1.69 bits per heavy atom. The van der Waals surface area contributed by atoms with Crippen molar-refractivity contribution < 1.29 is 13.9 Å². The van der Waals surface area contributed by atoms with Crippen LogP contribution in [0.15, 0.2) is 52.9 Å². The van der Waals surface area contributed by atoms with Crippen LogP contribution in [-0.4, -0.2) is 28.4 Å². The summed E-state index contributed by atoms with van der Waals surface area (Å²) in [7, 11) is 0. The Kier molecular flexibility index (Phi) is 5.42. The maximum atomic E-state index is 5.87. The third-order valence-corrected chi connectivity index (χ3v) is 4.49. The second-order valence-electron chi connectivity index (χ2n) is 6.72. The largest absolute Gasteiger partial charge is 0.490 e. The highest BCUT2D eigenvalue weighted by Gasteiger charge is 2.13. The molecule has 4 aromatic rings. The van der Waals surface area contributed by atoms with Crippen LogP contribution in [0.1, 0.15) is 30.9 Å². The zero-order valence-corrected chi connectivity index (χ0v) is 16.8. The minimum Gasteiger partial charge on any atom is -0.490 e. The quantitative estimate of drug-likeness (QED) is 0.444. The van der Waals surface area contributed by atoms with Crippen LogP contribution < -0.4 is 9.47 Å². The van der Waals surface area contributed by atoms with Crippen molar-refractivity contribution in [1.29, 1.82) is 0 Å². The van der Waals surface area contributed by atoms with Gasteiger partial charge in [-0.25, -0.2) is 4.98 Å². The average molecular weight is 389 g/mol. The molecule has 4 rings (SSSR count). The van der Waals surface area contributed by atoms with Gasteiger partial charge in [-0.2, -0.15) is 0 Å². The molecule has 0 radical (unpaired) electrons. The molecule has 2 heterocycles. The van der Waals surface area contributed by atoms with Crippen LogP contribution in [-0.2, 0) is 6.42 Å². The molecule has 2 aromatic heterocycles. The third-order valence-electron chi connectivity index (χ3n) is 4.49. The molecule has 0 aliphatic carbocycles. The van der Waals surface area contributed by atoms with E-state index in [0.717, 1.165) is 28.0 Å². The van der Waals surface area contributed by atoms with Gasteiger partial charge in [0, 0.05) is 5.39 Å². The highest BCUT2D eigenvalue weighted by atomic mass is 16.5. The summed E-state index contributed by atoms with van der Waals surface area (Å²) < 4.78 is 17.2. The number of nitrogens with zero attached hydrogens (tertiary/aromatic N) is 3. The molecule has 0 aliphatic heterocycles. The van der Waals surface area contributed by atoms with Crippen LogP contribution in [0.3, 0.4) is 0 Å². The molecule has 6 nitrogen and oxygen atoms in total. The van der Waals surface area contributed by atoms with Crippen molar-refractivity contribution in [3.05, 3.63) is 65.5 Å². The first kappa shape index (κ1) is 18.9. The standard InChI is InChI=1S/C23H23N3O3/c1-4-27-20-11-7-16(13-21(20)28-5-2)14-22-25-26-23(29-22)19-10-8-17-12-15(3)6-9-18(17)24-19/h6-13H,4-5,14H2,1-3H3. The Balaban J connectivity index is 1.56. The molecule has 0 spiro atoms. The van der Waals surface area contributed by atoms with Crippen molar-refractivity contribution in [3.8, 4) is 23.1 Å². The van der Waals surface area contributed by atoms with Gasteiger partial charge < -0.3 is 13.9 Å². The van der Waals surface area contributed by atoms with Gasteiger partial charge in [-0.15, -0.1) is 10.2 Å². The van der Waals surface area contributed by atoms with Crippen molar-refractivity contribution in [3.63, 3.8) is 0 Å². The van der Waals surface area contributed by atoms with Gasteiger partial charge in [-0.05, 0) is 56.7 Å². The predicted octanol–water partition coefficient (Wildman–Crippen LogP) is 4.98. The molecular weight excluding hydrogens is 366 g/mol. The van der Waals surface area contributed by atoms with E-state index in [9.17, 15) is 0 Å². The van der Waals surface area contributed by atoms with Crippen LogP contribution >= 0.6 is 0 Å². The van der Waals surface area contributed by atoms with Gasteiger partial charge >= 0.3 is 0 Å². The number of ether oxygens (including phenoxy) is 2. The molecule has 0 saturated carbocycles. The van der Waals surface area contributed by atoms with E-state index in [0.29, 0.717) is 37.1 Å². The Labute approximate surface area is 169 Å². The lowest BCUT2D eigenvalue weighted by atomic mass is 10.1. The van der Waals surface area contributed by atoms with Crippen molar-refractivity contribution in [2.75, 3.05) is 13.2 Å². The molecule has 0 N–H and O–H groups in total. The molecule has 6 heteroatoms. The molecular formula is C23H23N3O3. The summed E-state index contributed by atoms with van der Waals surface area (Å²) in [6.45, 7) is 7.12. The van der Waals surface area contributed by atoms with Gasteiger partial charge in [0.15, 0.2) is 11.5 Å². The minimum atomic E-state index is 0.415. The number of aromatic nitrogens is 3. The van der Waals surface area contributed by atoms with Crippen molar-refractivity contribution in [1.82, 2.24) is 15.2 Å². The molecule has 148 valence electrons. The van der Waals surface area contributed by atoms with Gasteiger partial charge in [0.1, 0.15) is 5.69 Å². The Hall–Kier alpha value is -3.41. The Morgan fingerprint density at radius 3 is 2.52 bits per heavy atom. The molecule has 0 unspecified atom stereocenters. The van der Waals surface area contributed by atoms with Crippen molar-refractivity contribution in [2.45, 2.75) is 27.2 Å². The fourth-order valence-corrected chi connectivity index (χ4v) is 3.17. The van der Waals surface area contributed by atoms with Gasteiger partial charge in [0.05, 0.1) is 25.2 Å². The Bertz CT molecular complexity index is 1140. The number of rotatable bonds is 7. The van der Waals surface area contributed by atoms with E-state index in [4.69, 9.17) is 13.9 Å². The van der Waals surface area contributed by atoms with Gasteiger partial charge in [-0.3, -0.25) is 0 Å². The first-order valence-electron chi connectivity index (χ1n) is 9.75. The number of benzene rings is 2. The fraction of sp³-hybridized carbons (Fsp3) is 0.261. The van der Waals surface area contributed by atoms with Gasteiger partial charge in [0.25, 0.3) is 5.89 Å². The second kappa shape index (κ2) is 8.31. The maximum absolute atomic E-state index is 5.87. The first-order valence-corrected chi connectivity index (χ1v) is 9.75. The summed E-state index contributed by atoms with van der Waals surface area (Å²) in [5, 5.41) is 9.45. The lowest BCUT2D eigenvalue weighted by Gasteiger charge is -2.11. The lowest BCUT2D eigenvalue weighted by Crippen LogP contribution is -1.99. The van der Waals surface area contributed by atoms with E-state index in [-0.39, 0.29) is 0 Å². The summed E-state index contributed by atoms with van der Waals surface area (Å²) in [4.78, 5) is 4.64. The van der Waals surface area contributed by atoms with E-state index >= 15 is 0 Å². The normalized spacial score (nSPS) is 11.0. The zero-order valence-electron chi connectivity index (χ0n) is 16.8. The van der Waals surface area contributed by atoms with Crippen LogP contribution in [0, 0.1) is 6.92 Å². The van der Waals surface area contributed by atoms with E-state index < -0.39 is 0 Å². The first-order chi connectivity index (χ1) is 14.2. The summed E-state index contributed by atoms with van der Waals surface area (Å²) >= 11 is 0. The monoisotopic (exact) mass is 389 g/mol. The van der Waals surface area contributed by atoms with E-state index in [1.807, 2.05) is 56.3 Å². The molecule has 0 atom stereocenters. The topological polar surface area (TPSA) is 70.3 Å². The van der Waals surface area contributed by atoms with E-state index in [2.05, 4.69) is 28.2 Å². The summed E-state index contributed by atoms with van der Waals surface area (Å²) in [6, 6.07) is 15.9. The summed E-state index contributed by atoms with van der Waals surface area (Å²) in [5.41, 5.74) is 3.78. The summed E-state index contributed by atoms with van der Waals surface area (Å²) in [5.74, 6) is 2.40. The minimum absolute atomic E-state index is 0.415.